The molecule has 0 saturated carbocycles. The smallest absolute Gasteiger partial charge is 0.235 e. The van der Waals surface area contributed by atoms with E-state index in [1.807, 2.05) is 20.8 Å². The van der Waals surface area contributed by atoms with Crippen LogP contribution in [0.25, 0.3) is 0 Å². The SMILES string of the molecule is CC(C)(C)[C@H](NCC(O)c1ccc(Cl)cc1)C(N)=O. The molecule has 4 N–H and O–H groups in total. The maximum Gasteiger partial charge on any atom is 0.235 e. The van der Waals surface area contributed by atoms with Crippen LogP contribution < -0.4 is 11.1 Å². The van der Waals surface area contributed by atoms with E-state index in [1.54, 1.807) is 24.3 Å². The van der Waals surface area contributed by atoms with Crippen molar-refractivity contribution in [2.45, 2.75) is 32.9 Å². The summed E-state index contributed by atoms with van der Waals surface area (Å²) >= 11 is 5.79. The van der Waals surface area contributed by atoms with Crippen LogP contribution in [0, 0.1) is 5.41 Å². The number of amides is 1. The number of aliphatic hydroxyl groups is 1. The molecule has 0 aliphatic rings. The van der Waals surface area contributed by atoms with Gasteiger partial charge in [0.15, 0.2) is 0 Å². The summed E-state index contributed by atoms with van der Waals surface area (Å²) in [4.78, 5) is 11.4. The third-order valence-electron chi connectivity index (χ3n) is 2.92. The number of hydrogen-bond donors (Lipinski definition) is 3. The van der Waals surface area contributed by atoms with Crippen molar-refractivity contribution in [2.24, 2.45) is 11.1 Å². The van der Waals surface area contributed by atoms with E-state index in [-0.39, 0.29) is 12.0 Å². The second-order valence-corrected chi connectivity index (χ2v) is 6.11. The summed E-state index contributed by atoms with van der Waals surface area (Å²) in [5.41, 5.74) is 5.81. The fraction of sp³-hybridized carbons (Fsp3) is 0.500. The van der Waals surface area contributed by atoms with Crippen LogP contribution in [0.4, 0.5) is 0 Å². The molecule has 19 heavy (non-hydrogen) atoms. The van der Waals surface area contributed by atoms with E-state index >= 15 is 0 Å². The van der Waals surface area contributed by atoms with Gasteiger partial charge in [-0.3, -0.25) is 4.79 Å². The Morgan fingerprint density at radius 1 is 1.37 bits per heavy atom. The van der Waals surface area contributed by atoms with Crippen LogP contribution in [0.1, 0.15) is 32.4 Å². The second kappa shape index (κ2) is 6.37. The van der Waals surface area contributed by atoms with Gasteiger partial charge in [0.2, 0.25) is 5.91 Å². The molecule has 0 spiro atoms. The van der Waals surface area contributed by atoms with Crippen LogP contribution >= 0.6 is 11.6 Å². The lowest BCUT2D eigenvalue weighted by molar-refractivity contribution is -0.122. The Morgan fingerprint density at radius 2 is 1.89 bits per heavy atom. The topological polar surface area (TPSA) is 75.3 Å². The molecule has 2 atom stereocenters. The molecular weight excluding hydrogens is 264 g/mol. The first-order valence-electron chi connectivity index (χ1n) is 6.18. The number of nitrogens with two attached hydrogens (primary N) is 1. The standard InChI is InChI=1S/C14H21ClN2O2/c1-14(2,3)12(13(16)19)17-8-11(18)9-4-6-10(15)7-5-9/h4-7,11-12,17-18H,8H2,1-3H3,(H2,16,19)/t11?,12-/m1/s1. The van der Waals surface area contributed by atoms with Gasteiger partial charge in [-0.1, -0.05) is 44.5 Å². The van der Waals surface area contributed by atoms with Gasteiger partial charge >= 0.3 is 0 Å². The Kier molecular flexibility index (Phi) is 5.35. The van der Waals surface area contributed by atoms with Gasteiger partial charge in [-0.05, 0) is 23.1 Å². The molecule has 0 aliphatic carbocycles. The van der Waals surface area contributed by atoms with Gasteiger partial charge in [0.25, 0.3) is 0 Å². The predicted molar refractivity (Wildman–Crippen MR) is 76.9 cm³/mol. The molecule has 0 aromatic heterocycles. The monoisotopic (exact) mass is 284 g/mol. The molecule has 1 aromatic carbocycles. The quantitative estimate of drug-likeness (QED) is 0.772. The highest BCUT2D eigenvalue weighted by Crippen LogP contribution is 2.20. The van der Waals surface area contributed by atoms with Crippen molar-refractivity contribution in [2.75, 3.05) is 6.54 Å². The van der Waals surface area contributed by atoms with E-state index < -0.39 is 18.1 Å². The van der Waals surface area contributed by atoms with Gasteiger partial charge < -0.3 is 16.2 Å². The Hall–Kier alpha value is -1.10. The van der Waals surface area contributed by atoms with Gasteiger partial charge in [-0.2, -0.15) is 0 Å². The van der Waals surface area contributed by atoms with Crippen molar-refractivity contribution in [1.29, 1.82) is 0 Å². The molecule has 0 heterocycles. The Balaban J connectivity index is 2.64. The highest BCUT2D eigenvalue weighted by molar-refractivity contribution is 6.30. The van der Waals surface area contributed by atoms with E-state index in [0.29, 0.717) is 5.02 Å². The van der Waals surface area contributed by atoms with E-state index in [9.17, 15) is 9.90 Å². The molecular formula is C14H21ClN2O2. The summed E-state index contributed by atoms with van der Waals surface area (Å²) in [6.07, 6.45) is -0.707. The van der Waals surface area contributed by atoms with E-state index in [2.05, 4.69) is 5.32 Å². The first-order valence-corrected chi connectivity index (χ1v) is 6.56. The summed E-state index contributed by atoms with van der Waals surface area (Å²) in [5, 5.41) is 13.7. The molecule has 1 unspecified atom stereocenters. The number of primary amides is 1. The maximum absolute atomic E-state index is 11.4. The molecule has 0 saturated heterocycles. The number of nitrogens with one attached hydrogen (secondary N) is 1. The van der Waals surface area contributed by atoms with Crippen molar-refractivity contribution in [3.63, 3.8) is 0 Å². The second-order valence-electron chi connectivity index (χ2n) is 5.68. The highest BCUT2D eigenvalue weighted by Gasteiger charge is 2.29. The van der Waals surface area contributed by atoms with Crippen LogP contribution in [0.15, 0.2) is 24.3 Å². The molecule has 0 radical (unpaired) electrons. The first kappa shape index (κ1) is 16.0. The van der Waals surface area contributed by atoms with Gasteiger partial charge in [0.05, 0.1) is 12.1 Å². The van der Waals surface area contributed by atoms with Gasteiger partial charge in [-0.25, -0.2) is 0 Å². The lowest BCUT2D eigenvalue weighted by atomic mass is 9.86. The average molecular weight is 285 g/mol. The van der Waals surface area contributed by atoms with Crippen molar-refractivity contribution in [1.82, 2.24) is 5.32 Å². The number of halogens is 1. The van der Waals surface area contributed by atoms with E-state index in [1.165, 1.54) is 0 Å². The Bertz CT molecular complexity index is 426. The number of hydrogen-bond acceptors (Lipinski definition) is 3. The lowest BCUT2D eigenvalue weighted by Crippen LogP contribution is -2.50. The van der Waals surface area contributed by atoms with Crippen LogP contribution in [-0.4, -0.2) is 23.6 Å². The molecule has 1 amide bonds. The van der Waals surface area contributed by atoms with E-state index in [0.717, 1.165) is 5.56 Å². The van der Waals surface area contributed by atoms with E-state index in [4.69, 9.17) is 17.3 Å². The summed E-state index contributed by atoms with van der Waals surface area (Å²) in [6, 6.07) is 6.45. The van der Waals surface area contributed by atoms with Gasteiger partial charge in [0, 0.05) is 11.6 Å². The molecule has 0 fully saturated rings. The zero-order chi connectivity index (χ0) is 14.6. The van der Waals surface area contributed by atoms with Crippen LogP contribution in [0.2, 0.25) is 5.02 Å². The van der Waals surface area contributed by atoms with Gasteiger partial charge in [0.1, 0.15) is 0 Å². The summed E-state index contributed by atoms with van der Waals surface area (Å²) in [5.74, 6) is -0.421. The summed E-state index contributed by atoms with van der Waals surface area (Å²) < 4.78 is 0. The minimum absolute atomic E-state index is 0.256. The zero-order valence-electron chi connectivity index (χ0n) is 11.5. The normalized spacial score (nSPS) is 15.0. The highest BCUT2D eigenvalue weighted by atomic mass is 35.5. The minimum atomic E-state index is -0.707. The Labute approximate surface area is 118 Å². The predicted octanol–water partition coefficient (Wildman–Crippen LogP) is 1.86. The fourth-order valence-corrected chi connectivity index (χ4v) is 1.99. The molecule has 106 valence electrons. The third-order valence-corrected chi connectivity index (χ3v) is 3.17. The fourth-order valence-electron chi connectivity index (χ4n) is 1.87. The van der Waals surface area contributed by atoms with Gasteiger partial charge in [-0.15, -0.1) is 0 Å². The molecule has 0 bridgehead atoms. The average Bonchev–Trinajstić information content (AvgIpc) is 2.27. The minimum Gasteiger partial charge on any atom is -0.387 e. The number of carbonyl (C=O) groups excluding carboxylic acids is 1. The van der Waals surface area contributed by atoms with Crippen molar-refractivity contribution < 1.29 is 9.90 Å². The summed E-state index contributed by atoms with van der Waals surface area (Å²) in [7, 11) is 0. The lowest BCUT2D eigenvalue weighted by Gasteiger charge is -2.29. The van der Waals surface area contributed by atoms with Crippen LogP contribution in [0.3, 0.4) is 0 Å². The number of aliphatic hydroxyl groups excluding tert-OH is 1. The van der Waals surface area contributed by atoms with Crippen molar-refractivity contribution in [3.8, 4) is 0 Å². The largest absolute Gasteiger partial charge is 0.387 e. The molecule has 4 nitrogen and oxygen atoms in total. The van der Waals surface area contributed by atoms with Crippen LogP contribution in [0.5, 0.6) is 0 Å². The number of benzene rings is 1. The van der Waals surface area contributed by atoms with Crippen LogP contribution in [-0.2, 0) is 4.79 Å². The molecule has 1 rings (SSSR count). The zero-order valence-corrected chi connectivity index (χ0v) is 12.2. The van der Waals surface area contributed by atoms with Crippen molar-refractivity contribution >= 4 is 17.5 Å². The molecule has 1 aromatic rings. The first-order chi connectivity index (χ1) is 8.71. The Morgan fingerprint density at radius 3 is 2.32 bits per heavy atom. The third kappa shape index (κ3) is 4.82. The number of rotatable bonds is 5. The number of carbonyl (C=O) groups is 1. The van der Waals surface area contributed by atoms with Crippen molar-refractivity contribution in [3.05, 3.63) is 34.9 Å². The maximum atomic E-state index is 11.4. The summed E-state index contributed by atoms with van der Waals surface area (Å²) in [6.45, 7) is 6.02. The molecule has 5 heteroatoms. The molecule has 0 aliphatic heterocycles.